The zero-order chi connectivity index (χ0) is 24.6. The molecule has 1 aromatic carbocycles. The highest BCUT2D eigenvalue weighted by atomic mass is 35.5. The molecular weight excluding hydrogens is 476 g/mol. The zero-order valence-electron chi connectivity index (χ0n) is 18.9. The van der Waals surface area contributed by atoms with Gasteiger partial charge in [0.15, 0.2) is 0 Å². The second kappa shape index (κ2) is 9.22. The maximum atomic E-state index is 13.6. The van der Waals surface area contributed by atoms with Gasteiger partial charge >= 0.3 is 0 Å². The molecule has 0 N–H and O–H groups in total. The minimum Gasteiger partial charge on any atom is -0.372 e. The van der Waals surface area contributed by atoms with Crippen molar-refractivity contribution in [2.24, 2.45) is 0 Å². The van der Waals surface area contributed by atoms with Crippen molar-refractivity contribution in [2.75, 3.05) is 18.0 Å². The molecule has 0 aliphatic carbocycles. The van der Waals surface area contributed by atoms with Gasteiger partial charge < -0.3 is 9.64 Å². The fourth-order valence-electron chi connectivity index (χ4n) is 4.06. The number of aryl methyl sites for hydroxylation is 1. The molecule has 10 heteroatoms. The van der Waals surface area contributed by atoms with Crippen LogP contribution in [0.25, 0.3) is 11.7 Å². The average Bonchev–Trinajstić information content (AvgIpc) is 2.78. The van der Waals surface area contributed by atoms with E-state index in [1.165, 1.54) is 28.7 Å². The highest BCUT2D eigenvalue weighted by molar-refractivity contribution is 7.95. The maximum Gasteiger partial charge on any atom is 0.267 e. The Labute approximate surface area is 202 Å². The molecule has 8 nitrogen and oxygen atoms in total. The molecule has 3 heterocycles. The number of nitrogens with zero attached hydrogens (tertiary/aromatic N) is 4. The first kappa shape index (κ1) is 24.0. The monoisotopic (exact) mass is 498 g/mol. The summed E-state index contributed by atoms with van der Waals surface area (Å²) in [6.45, 7) is 6.61. The molecule has 2 aromatic heterocycles. The summed E-state index contributed by atoms with van der Waals surface area (Å²) in [6.07, 6.45) is 2.45. The number of sulfone groups is 1. The van der Waals surface area contributed by atoms with Gasteiger partial charge in [-0.25, -0.2) is 13.4 Å². The first-order chi connectivity index (χ1) is 16.1. The summed E-state index contributed by atoms with van der Waals surface area (Å²) in [5, 5.41) is 10.2. The lowest BCUT2D eigenvalue weighted by Gasteiger charge is -2.36. The Morgan fingerprint density at radius 3 is 2.47 bits per heavy atom. The lowest BCUT2D eigenvalue weighted by atomic mass is 10.1. The third-order valence-corrected chi connectivity index (χ3v) is 7.52. The molecule has 4 rings (SSSR count). The van der Waals surface area contributed by atoms with Crippen LogP contribution >= 0.6 is 11.6 Å². The number of fused-ring (bicyclic) bond motifs is 1. The van der Waals surface area contributed by atoms with Crippen molar-refractivity contribution in [1.29, 1.82) is 5.26 Å². The third kappa shape index (κ3) is 4.44. The molecule has 2 atom stereocenters. The molecule has 1 aliphatic heterocycles. The summed E-state index contributed by atoms with van der Waals surface area (Å²) in [5.41, 5.74) is 0.818. The SMILES string of the molecule is Cc1cccn2c(=O)c(/C=C(\C#N)S(=O)(=O)c3ccc(Cl)cc3)c(N3C[C@H](C)O[C@@H](C)C3)nc12. The number of aromatic nitrogens is 2. The second-order valence-electron chi connectivity index (χ2n) is 8.28. The van der Waals surface area contributed by atoms with Crippen molar-refractivity contribution in [1.82, 2.24) is 9.38 Å². The number of morpholine rings is 1. The van der Waals surface area contributed by atoms with Crippen LogP contribution < -0.4 is 10.5 Å². The van der Waals surface area contributed by atoms with E-state index in [0.717, 1.165) is 11.6 Å². The summed E-state index contributed by atoms with van der Waals surface area (Å²) >= 11 is 5.88. The molecule has 1 saturated heterocycles. The smallest absolute Gasteiger partial charge is 0.267 e. The van der Waals surface area contributed by atoms with Crippen molar-refractivity contribution in [3.05, 3.63) is 74.0 Å². The molecule has 34 heavy (non-hydrogen) atoms. The summed E-state index contributed by atoms with van der Waals surface area (Å²) in [6, 6.07) is 10.8. The average molecular weight is 499 g/mol. The lowest BCUT2D eigenvalue weighted by molar-refractivity contribution is -0.00546. The standard InChI is InChI=1S/C24H23ClN4O4S/c1-15-5-4-10-29-22(15)27-23(28-13-16(2)33-17(3)14-28)21(24(29)30)11-20(12-26)34(31,32)19-8-6-18(25)7-9-19/h4-11,16-17H,13-14H2,1-3H3/b20-11+/t16-,17-/m0/s1. The number of nitriles is 1. The molecule has 0 bridgehead atoms. The number of halogens is 1. The van der Waals surface area contributed by atoms with Gasteiger partial charge in [0.1, 0.15) is 22.4 Å². The number of hydrogen-bond acceptors (Lipinski definition) is 7. The molecule has 176 valence electrons. The normalized spacial score (nSPS) is 19.3. The Morgan fingerprint density at radius 2 is 1.85 bits per heavy atom. The Balaban J connectivity index is 1.97. The fourth-order valence-corrected chi connectivity index (χ4v) is 5.33. The Morgan fingerprint density at radius 1 is 1.21 bits per heavy atom. The van der Waals surface area contributed by atoms with E-state index < -0.39 is 20.3 Å². The molecule has 0 saturated carbocycles. The third-order valence-electron chi connectivity index (χ3n) is 5.58. The number of hydrogen-bond donors (Lipinski definition) is 0. The Kier molecular flexibility index (Phi) is 6.49. The highest BCUT2D eigenvalue weighted by Crippen LogP contribution is 2.27. The van der Waals surface area contributed by atoms with Gasteiger partial charge in [0.2, 0.25) is 9.84 Å². The first-order valence-corrected chi connectivity index (χ1v) is 12.5. The molecule has 1 aliphatic rings. The number of pyridine rings is 1. The molecule has 0 spiro atoms. The molecule has 0 radical (unpaired) electrons. The largest absolute Gasteiger partial charge is 0.372 e. The number of ether oxygens (including phenoxy) is 1. The number of allylic oxidation sites excluding steroid dienone is 1. The van der Waals surface area contributed by atoms with Gasteiger partial charge in [0, 0.05) is 24.3 Å². The Hall–Kier alpha value is -3.19. The topological polar surface area (TPSA) is 105 Å². The van der Waals surface area contributed by atoms with E-state index in [1.807, 2.05) is 31.7 Å². The summed E-state index contributed by atoms with van der Waals surface area (Å²) < 4.78 is 33.6. The van der Waals surface area contributed by atoms with Crippen LogP contribution in [0.5, 0.6) is 0 Å². The van der Waals surface area contributed by atoms with Crippen molar-refractivity contribution in [2.45, 2.75) is 37.9 Å². The predicted octanol–water partition coefficient (Wildman–Crippen LogP) is 3.61. The molecule has 0 unspecified atom stereocenters. The van der Waals surface area contributed by atoms with Gasteiger partial charge in [-0.3, -0.25) is 9.20 Å². The minimum absolute atomic E-state index is 0.0264. The van der Waals surface area contributed by atoms with Crippen LogP contribution in [0.15, 0.2) is 57.2 Å². The Bertz CT molecular complexity index is 1480. The summed E-state index contributed by atoms with van der Waals surface area (Å²) in [4.78, 5) is 19.6. The van der Waals surface area contributed by atoms with E-state index in [1.54, 1.807) is 18.3 Å². The van der Waals surface area contributed by atoms with Crippen molar-refractivity contribution < 1.29 is 13.2 Å². The van der Waals surface area contributed by atoms with E-state index in [0.29, 0.717) is 29.6 Å². The van der Waals surface area contributed by atoms with Gasteiger partial charge in [-0.2, -0.15) is 5.26 Å². The van der Waals surface area contributed by atoms with Gasteiger partial charge in [-0.15, -0.1) is 0 Å². The van der Waals surface area contributed by atoms with Crippen molar-refractivity contribution in [3.63, 3.8) is 0 Å². The molecule has 1 fully saturated rings. The van der Waals surface area contributed by atoms with Crippen molar-refractivity contribution >= 4 is 39.0 Å². The van der Waals surface area contributed by atoms with Gasteiger partial charge in [0.05, 0.1) is 22.7 Å². The van der Waals surface area contributed by atoms with Crippen LogP contribution in [0, 0.1) is 18.3 Å². The number of rotatable bonds is 4. The first-order valence-electron chi connectivity index (χ1n) is 10.7. The van der Waals surface area contributed by atoms with Gasteiger partial charge in [-0.1, -0.05) is 17.7 Å². The lowest BCUT2D eigenvalue weighted by Crippen LogP contribution is -2.46. The predicted molar refractivity (Wildman–Crippen MR) is 131 cm³/mol. The van der Waals surface area contributed by atoms with Crippen LogP contribution in [0.1, 0.15) is 25.0 Å². The fraction of sp³-hybridized carbons (Fsp3) is 0.292. The van der Waals surface area contributed by atoms with E-state index in [2.05, 4.69) is 0 Å². The highest BCUT2D eigenvalue weighted by Gasteiger charge is 2.28. The second-order valence-corrected chi connectivity index (χ2v) is 10.6. The van der Waals surface area contributed by atoms with Gasteiger partial charge in [0.25, 0.3) is 5.56 Å². The maximum absolute atomic E-state index is 13.6. The molecule has 3 aromatic rings. The van der Waals surface area contributed by atoms with Crippen LogP contribution in [0.3, 0.4) is 0 Å². The van der Waals surface area contributed by atoms with Gasteiger partial charge in [-0.05, 0) is 62.7 Å². The summed E-state index contributed by atoms with van der Waals surface area (Å²) in [5.74, 6) is 0.320. The summed E-state index contributed by atoms with van der Waals surface area (Å²) in [7, 11) is -4.19. The molecule has 0 amide bonds. The van der Waals surface area contributed by atoms with Crippen LogP contribution in [0.4, 0.5) is 5.82 Å². The van der Waals surface area contributed by atoms with Crippen LogP contribution in [-0.4, -0.2) is 43.1 Å². The van der Waals surface area contributed by atoms with E-state index >= 15 is 0 Å². The quantitative estimate of drug-likeness (QED) is 0.506. The minimum atomic E-state index is -4.19. The number of anilines is 1. The number of benzene rings is 1. The van der Waals surface area contributed by atoms with E-state index in [9.17, 15) is 18.5 Å². The van der Waals surface area contributed by atoms with Crippen LogP contribution in [-0.2, 0) is 14.6 Å². The van der Waals surface area contributed by atoms with E-state index in [4.69, 9.17) is 21.3 Å². The van der Waals surface area contributed by atoms with Crippen molar-refractivity contribution in [3.8, 4) is 6.07 Å². The van der Waals surface area contributed by atoms with E-state index in [-0.39, 0.29) is 22.7 Å². The molecular formula is C24H23ClN4O4S. The van der Waals surface area contributed by atoms with Crippen LogP contribution in [0.2, 0.25) is 5.02 Å². The zero-order valence-corrected chi connectivity index (χ0v) is 20.5.